The fourth-order valence-electron chi connectivity index (χ4n) is 1.40. The van der Waals surface area contributed by atoms with Crippen LogP contribution in [0.4, 0.5) is 8.78 Å². The number of nitrogens with zero attached hydrogens (tertiary/aromatic N) is 2. The van der Waals surface area contributed by atoms with Crippen molar-refractivity contribution in [2.75, 3.05) is 0 Å². The van der Waals surface area contributed by atoms with Gasteiger partial charge in [-0.2, -0.15) is 5.26 Å². The quantitative estimate of drug-likeness (QED) is 0.734. The molecule has 0 spiro atoms. The van der Waals surface area contributed by atoms with E-state index < -0.39 is 11.6 Å². The van der Waals surface area contributed by atoms with E-state index in [1.54, 1.807) is 0 Å². The monoisotopic (exact) mass is 216 g/mol. The number of hydrogen-bond donors (Lipinski definition) is 0. The van der Waals surface area contributed by atoms with Gasteiger partial charge in [0.1, 0.15) is 11.6 Å². The Hall–Kier alpha value is -2.28. The standard InChI is InChI=1S/C12H6F2N2/c13-11-5-8(6-15)1-2-9(11)10-3-4-16-7-12(10)14/h1-5,7H. The number of pyridine rings is 1. The van der Waals surface area contributed by atoms with Crippen LogP contribution in [-0.4, -0.2) is 4.98 Å². The largest absolute Gasteiger partial charge is 0.262 e. The van der Waals surface area contributed by atoms with E-state index in [-0.39, 0.29) is 16.7 Å². The minimum absolute atomic E-state index is 0.124. The summed E-state index contributed by atoms with van der Waals surface area (Å²) in [6.45, 7) is 0. The van der Waals surface area contributed by atoms with Crippen LogP contribution in [0.3, 0.4) is 0 Å². The lowest BCUT2D eigenvalue weighted by Gasteiger charge is -2.04. The maximum absolute atomic E-state index is 13.6. The van der Waals surface area contributed by atoms with Crippen LogP contribution in [0.1, 0.15) is 5.56 Å². The molecule has 0 saturated carbocycles. The summed E-state index contributed by atoms with van der Waals surface area (Å²) in [5.41, 5.74) is 0.464. The van der Waals surface area contributed by atoms with Gasteiger partial charge in [0.05, 0.1) is 17.8 Å². The molecule has 0 bridgehead atoms. The Balaban J connectivity index is 2.58. The van der Waals surface area contributed by atoms with Crippen molar-refractivity contribution in [2.24, 2.45) is 0 Å². The van der Waals surface area contributed by atoms with Gasteiger partial charge < -0.3 is 0 Å². The van der Waals surface area contributed by atoms with E-state index in [1.165, 1.54) is 24.4 Å². The second-order valence-corrected chi connectivity index (χ2v) is 3.16. The van der Waals surface area contributed by atoms with Crippen molar-refractivity contribution in [3.05, 3.63) is 53.9 Å². The highest BCUT2D eigenvalue weighted by atomic mass is 19.1. The molecule has 0 aliphatic carbocycles. The summed E-state index contributed by atoms with van der Waals surface area (Å²) >= 11 is 0. The highest BCUT2D eigenvalue weighted by Gasteiger charge is 2.10. The smallest absolute Gasteiger partial charge is 0.149 e. The van der Waals surface area contributed by atoms with Gasteiger partial charge in [0, 0.05) is 17.3 Å². The molecular weight excluding hydrogens is 210 g/mol. The Labute approximate surface area is 90.8 Å². The predicted molar refractivity (Wildman–Crippen MR) is 54.3 cm³/mol. The maximum atomic E-state index is 13.6. The lowest BCUT2D eigenvalue weighted by Crippen LogP contribution is -1.90. The Morgan fingerprint density at radius 1 is 1.06 bits per heavy atom. The first-order valence-corrected chi connectivity index (χ1v) is 4.52. The average Bonchev–Trinajstić information content (AvgIpc) is 2.30. The molecule has 2 nitrogen and oxygen atoms in total. The van der Waals surface area contributed by atoms with Gasteiger partial charge in [-0.25, -0.2) is 8.78 Å². The van der Waals surface area contributed by atoms with Crippen molar-refractivity contribution in [3.63, 3.8) is 0 Å². The molecule has 16 heavy (non-hydrogen) atoms. The van der Waals surface area contributed by atoms with Gasteiger partial charge in [0.25, 0.3) is 0 Å². The van der Waals surface area contributed by atoms with Crippen LogP contribution in [0.5, 0.6) is 0 Å². The Kier molecular flexibility index (Phi) is 2.61. The van der Waals surface area contributed by atoms with Gasteiger partial charge in [-0.1, -0.05) is 6.07 Å². The molecular formula is C12H6F2N2. The van der Waals surface area contributed by atoms with E-state index in [0.29, 0.717) is 0 Å². The van der Waals surface area contributed by atoms with Crippen molar-refractivity contribution in [1.82, 2.24) is 4.98 Å². The van der Waals surface area contributed by atoms with Crippen LogP contribution in [-0.2, 0) is 0 Å². The molecule has 4 heteroatoms. The van der Waals surface area contributed by atoms with Crippen molar-refractivity contribution >= 4 is 0 Å². The molecule has 0 unspecified atom stereocenters. The third kappa shape index (κ3) is 1.75. The van der Waals surface area contributed by atoms with Crippen molar-refractivity contribution in [3.8, 4) is 17.2 Å². The Morgan fingerprint density at radius 2 is 1.81 bits per heavy atom. The molecule has 1 aromatic carbocycles. The first kappa shape index (κ1) is 10.2. The molecule has 0 saturated heterocycles. The second kappa shape index (κ2) is 4.07. The van der Waals surface area contributed by atoms with E-state index in [1.807, 2.05) is 6.07 Å². The topological polar surface area (TPSA) is 36.7 Å². The summed E-state index contributed by atoms with van der Waals surface area (Å²) in [7, 11) is 0. The normalized spacial score (nSPS) is 9.81. The van der Waals surface area contributed by atoms with E-state index in [0.717, 1.165) is 12.3 Å². The first-order chi connectivity index (χ1) is 7.72. The van der Waals surface area contributed by atoms with Gasteiger partial charge in [-0.3, -0.25) is 4.98 Å². The lowest BCUT2D eigenvalue weighted by atomic mass is 10.0. The fourth-order valence-corrected chi connectivity index (χ4v) is 1.40. The molecule has 1 aromatic heterocycles. The number of aromatic nitrogens is 1. The predicted octanol–water partition coefficient (Wildman–Crippen LogP) is 2.90. The molecule has 0 fully saturated rings. The van der Waals surface area contributed by atoms with Gasteiger partial charge in [-0.05, 0) is 18.2 Å². The third-order valence-electron chi connectivity index (χ3n) is 2.16. The molecule has 1 heterocycles. The number of hydrogen-bond acceptors (Lipinski definition) is 2. The molecule has 0 radical (unpaired) electrons. The zero-order valence-electron chi connectivity index (χ0n) is 8.11. The third-order valence-corrected chi connectivity index (χ3v) is 2.16. The van der Waals surface area contributed by atoms with E-state index in [9.17, 15) is 8.78 Å². The van der Waals surface area contributed by atoms with Gasteiger partial charge >= 0.3 is 0 Å². The Morgan fingerprint density at radius 3 is 2.44 bits per heavy atom. The molecule has 2 rings (SSSR count). The summed E-state index contributed by atoms with van der Waals surface area (Å²) in [5.74, 6) is -1.21. The van der Waals surface area contributed by atoms with Crippen LogP contribution < -0.4 is 0 Å². The average molecular weight is 216 g/mol. The SMILES string of the molecule is N#Cc1ccc(-c2ccncc2F)c(F)c1. The molecule has 2 aromatic rings. The van der Waals surface area contributed by atoms with Crippen molar-refractivity contribution < 1.29 is 8.78 Å². The molecule has 0 atom stereocenters. The molecule has 78 valence electrons. The van der Waals surface area contributed by atoms with Crippen molar-refractivity contribution in [1.29, 1.82) is 5.26 Å². The van der Waals surface area contributed by atoms with Crippen LogP contribution in [0.2, 0.25) is 0 Å². The van der Waals surface area contributed by atoms with Crippen LogP contribution >= 0.6 is 0 Å². The number of nitriles is 1. The van der Waals surface area contributed by atoms with Gasteiger partial charge in [0.2, 0.25) is 0 Å². The minimum Gasteiger partial charge on any atom is -0.262 e. The van der Waals surface area contributed by atoms with Crippen LogP contribution in [0.15, 0.2) is 36.7 Å². The minimum atomic E-state index is -0.621. The summed E-state index contributed by atoms with van der Waals surface area (Å²) in [4.78, 5) is 3.58. The molecule has 0 aliphatic heterocycles. The number of rotatable bonds is 1. The summed E-state index contributed by atoms with van der Waals surface area (Å²) < 4.78 is 26.9. The molecule has 0 N–H and O–H groups in total. The zero-order valence-corrected chi connectivity index (χ0v) is 8.11. The number of halogens is 2. The first-order valence-electron chi connectivity index (χ1n) is 4.52. The fraction of sp³-hybridized carbons (Fsp3) is 0. The van der Waals surface area contributed by atoms with Crippen LogP contribution in [0, 0.1) is 23.0 Å². The molecule has 0 amide bonds. The highest BCUT2D eigenvalue weighted by Crippen LogP contribution is 2.25. The number of benzene rings is 1. The van der Waals surface area contributed by atoms with Gasteiger partial charge in [0.15, 0.2) is 0 Å². The summed E-state index contributed by atoms with van der Waals surface area (Å²) in [6, 6.07) is 7.11. The lowest BCUT2D eigenvalue weighted by molar-refractivity contribution is 0.612. The highest BCUT2D eigenvalue weighted by molar-refractivity contribution is 5.65. The Bertz CT molecular complexity index is 573. The maximum Gasteiger partial charge on any atom is 0.149 e. The van der Waals surface area contributed by atoms with Crippen molar-refractivity contribution in [2.45, 2.75) is 0 Å². The summed E-state index contributed by atoms with van der Waals surface area (Å²) in [6.07, 6.45) is 2.41. The van der Waals surface area contributed by atoms with E-state index >= 15 is 0 Å². The zero-order chi connectivity index (χ0) is 11.5. The summed E-state index contributed by atoms with van der Waals surface area (Å²) in [5, 5.41) is 8.58. The van der Waals surface area contributed by atoms with Gasteiger partial charge in [-0.15, -0.1) is 0 Å². The van der Waals surface area contributed by atoms with E-state index in [4.69, 9.17) is 5.26 Å². The second-order valence-electron chi connectivity index (χ2n) is 3.16. The van der Waals surface area contributed by atoms with E-state index in [2.05, 4.69) is 4.98 Å². The molecule has 0 aliphatic rings. The van der Waals surface area contributed by atoms with Crippen LogP contribution in [0.25, 0.3) is 11.1 Å².